The van der Waals surface area contributed by atoms with Crippen molar-refractivity contribution in [3.05, 3.63) is 17.8 Å². The highest BCUT2D eigenvalue weighted by atomic mass is 16.4. The fraction of sp³-hybridized carbons (Fsp3) is 0.600. The van der Waals surface area contributed by atoms with Gasteiger partial charge < -0.3 is 20.7 Å². The standard InChI is InChI=1S/C10H18N4O2/c1-7-6-13-10(16-7)8(2)12-5-3-4-9(11)14-15/h6,8,12,15H,3-5H2,1-2H3,(H2,11,14). The van der Waals surface area contributed by atoms with Gasteiger partial charge in [-0.3, -0.25) is 0 Å². The van der Waals surface area contributed by atoms with Gasteiger partial charge >= 0.3 is 0 Å². The summed E-state index contributed by atoms with van der Waals surface area (Å²) in [5.74, 6) is 1.74. The highest BCUT2D eigenvalue weighted by molar-refractivity contribution is 5.79. The normalized spacial score (nSPS) is 14.0. The van der Waals surface area contributed by atoms with Crippen LogP contribution in [0.2, 0.25) is 0 Å². The molecule has 16 heavy (non-hydrogen) atoms. The largest absolute Gasteiger partial charge is 0.444 e. The van der Waals surface area contributed by atoms with E-state index in [0.29, 0.717) is 12.3 Å². The Bertz CT molecular complexity index is 348. The maximum absolute atomic E-state index is 8.34. The summed E-state index contributed by atoms with van der Waals surface area (Å²) in [6.45, 7) is 4.61. The monoisotopic (exact) mass is 226 g/mol. The van der Waals surface area contributed by atoms with E-state index in [-0.39, 0.29) is 11.9 Å². The van der Waals surface area contributed by atoms with Crippen molar-refractivity contribution in [1.29, 1.82) is 0 Å². The first kappa shape index (κ1) is 12.5. The van der Waals surface area contributed by atoms with E-state index < -0.39 is 0 Å². The molecule has 6 nitrogen and oxygen atoms in total. The zero-order valence-corrected chi connectivity index (χ0v) is 9.60. The van der Waals surface area contributed by atoms with Crippen molar-refractivity contribution in [1.82, 2.24) is 10.3 Å². The molecular formula is C10H18N4O2. The predicted octanol–water partition coefficient (Wildman–Crippen LogP) is 1.16. The molecule has 90 valence electrons. The minimum absolute atomic E-state index is 0.0704. The molecule has 1 aromatic heterocycles. The average Bonchev–Trinajstić information content (AvgIpc) is 2.70. The molecule has 1 heterocycles. The number of nitrogens with two attached hydrogens (primary N) is 1. The first-order valence-corrected chi connectivity index (χ1v) is 5.25. The molecule has 0 amide bonds. The summed E-state index contributed by atoms with van der Waals surface area (Å²) in [4.78, 5) is 4.13. The second-order valence-corrected chi connectivity index (χ2v) is 3.68. The third-order valence-corrected chi connectivity index (χ3v) is 2.20. The molecule has 6 heteroatoms. The first-order chi connectivity index (χ1) is 7.63. The van der Waals surface area contributed by atoms with Gasteiger partial charge in [-0.25, -0.2) is 4.98 Å². The van der Waals surface area contributed by atoms with E-state index in [1.165, 1.54) is 0 Å². The van der Waals surface area contributed by atoms with Gasteiger partial charge in [-0.05, 0) is 26.8 Å². The number of amidine groups is 1. The number of hydrogen-bond acceptors (Lipinski definition) is 5. The van der Waals surface area contributed by atoms with E-state index in [9.17, 15) is 0 Å². The van der Waals surface area contributed by atoms with Crippen LogP contribution in [0, 0.1) is 6.92 Å². The number of rotatable bonds is 6. The fourth-order valence-corrected chi connectivity index (χ4v) is 1.30. The molecule has 1 rings (SSSR count). The summed E-state index contributed by atoms with van der Waals surface area (Å²) in [7, 11) is 0. The predicted molar refractivity (Wildman–Crippen MR) is 60.3 cm³/mol. The van der Waals surface area contributed by atoms with Gasteiger partial charge in [0, 0.05) is 6.42 Å². The molecule has 0 radical (unpaired) electrons. The second-order valence-electron chi connectivity index (χ2n) is 3.68. The number of nitrogens with one attached hydrogen (secondary N) is 1. The molecule has 0 aromatic carbocycles. The number of aromatic nitrogens is 1. The Morgan fingerprint density at radius 3 is 3.06 bits per heavy atom. The van der Waals surface area contributed by atoms with Crippen molar-refractivity contribution in [2.24, 2.45) is 10.9 Å². The summed E-state index contributed by atoms with van der Waals surface area (Å²) in [6.07, 6.45) is 3.07. The van der Waals surface area contributed by atoms with E-state index in [1.807, 2.05) is 13.8 Å². The Morgan fingerprint density at radius 2 is 2.50 bits per heavy atom. The van der Waals surface area contributed by atoms with Gasteiger partial charge in [0.15, 0.2) is 0 Å². The SMILES string of the molecule is Cc1cnc(C(C)NCCC/C(N)=N/O)o1. The van der Waals surface area contributed by atoms with Crippen LogP contribution in [0.1, 0.15) is 37.5 Å². The Labute approximate surface area is 94.5 Å². The Balaban J connectivity index is 2.23. The smallest absolute Gasteiger partial charge is 0.211 e. The van der Waals surface area contributed by atoms with Crippen molar-refractivity contribution in [2.45, 2.75) is 32.7 Å². The van der Waals surface area contributed by atoms with Gasteiger partial charge in [0.1, 0.15) is 11.6 Å². The summed E-state index contributed by atoms with van der Waals surface area (Å²) in [6, 6.07) is 0.0704. The Hall–Kier alpha value is -1.56. The number of hydrogen-bond donors (Lipinski definition) is 3. The molecule has 0 aliphatic rings. The van der Waals surface area contributed by atoms with Crippen LogP contribution in [0.4, 0.5) is 0 Å². The average molecular weight is 226 g/mol. The van der Waals surface area contributed by atoms with Gasteiger partial charge in [0.05, 0.1) is 12.2 Å². The molecule has 4 N–H and O–H groups in total. The van der Waals surface area contributed by atoms with Gasteiger partial charge in [0.25, 0.3) is 0 Å². The summed E-state index contributed by atoms with van der Waals surface area (Å²) in [5.41, 5.74) is 5.35. The molecule has 0 aliphatic heterocycles. The van der Waals surface area contributed by atoms with Gasteiger partial charge in [-0.1, -0.05) is 5.16 Å². The minimum atomic E-state index is 0.0704. The highest BCUT2D eigenvalue weighted by Gasteiger charge is 2.09. The van der Waals surface area contributed by atoms with Crippen LogP contribution in [-0.4, -0.2) is 22.6 Å². The van der Waals surface area contributed by atoms with Crippen LogP contribution >= 0.6 is 0 Å². The van der Waals surface area contributed by atoms with E-state index in [2.05, 4.69) is 15.5 Å². The number of nitrogens with zero attached hydrogens (tertiary/aromatic N) is 2. The zero-order valence-electron chi connectivity index (χ0n) is 9.60. The maximum Gasteiger partial charge on any atom is 0.211 e. The topological polar surface area (TPSA) is 96.7 Å². The van der Waals surface area contributed by atoms with Gasteiger partial charge in [-0.15, -0.1) is 0 Å². The Kier molecular flexibility index (Phi) is 4.78. The summed E-state index contributed by atoms with van der Waals surface area (Å²) < 4.78 is 5.38. The Morgan fingerprint density at radius 1 is 1.75 bits per heavy atom. The first-order valence-electron chi connectivity index (χ1n) is 5.25. The van der Waals surface area contributed by atoms with Gasteiger partial charge in [-0.2, -0.15) is 0 Å². The van der Waals surface area contributed by atoms with Crippen molar-refractivity contribution in [3.63, 3.8) is 0 Å². The highest BCUT2D eigenvalue weighted by Crippen LogP contribution is 2.11. The van der Waals surface area contributed by atoms with Crippen molar-refractivity contribution < 1.29 is 9.62 Å². The summed E-state index contributed by atoms with van der Waals surface area (Å²) in [5, 5.41) is 14.5. The van der Waals surface area contributed by atoms with E-state index in [1.54, 1.807) is 6.20 Å². The molecule has 1 atom stereocenters. The molecule has 0 saturated carbocycles. The van der Waals surface area contributed by atoms with Crippen molar-refractivity contribution >= 4 is 5.84 Å². The number of oxazole rings is 1. The van der Waals surface area contributed by atoms with Crippen LogP contribution in [0.15, 0.2) is 15.8 Å². The fourth-order valence-electron chi connectivity index (χ4n) is 1.30. The van der Waals surface area contributed by atoms with Crippen LogP contribution in [0.25, 0.3) is 0 Å². The third-order valence-electron chi connectivity index (χ3n) is 2.20. The lowest BCUT2D eigenvalue weighted by atomic mass is 10.2. The molecule has 0 spiro atoms. The summed E-state index contributed by atoms with van der Waals surface area (Å²) >= 11 is 0. The van der Waals surface area contributed by atoms with Crippen LogP contribution in [0.3, 0.4) is 0 Å². The van der Waals surface area contributed by atoms with E-state index in [4.69, 9.17) is 15.4 Å². The maximum atomic E-state index is 8.34. The van der Waals surface area contributed by atoms with Crippen LogP contribution in [0.5, 0.6) is 0 Å². The quantitative estimate of drug-likeness (QED) is 0.222. The minimum Gasteiger partial charge on any atom is -0.444 e. The third kappa shape index (κ3) is 3.90. The molecule has 0 fully saturated rings. The number of oxime groups is 1. The van der Waals surface area contributed by atoms with E-state index >= 15 is 0 Å². The van der Waals surface area contributed by atoms with Crippen LogP contribution in [-0.2, 0) is 0 Å². The lowest BCUT2D eigenvalue weighted by molar-refractivity contribution is 0.316. The van der Waals surface area contributed by atoms with Crippen molar-refractivity contribution in [2.75, 3.05) is 6.54 Å². The molecule has 1 unspecified atom stereocenters. The molecule has 0 bridgehead atoms. The molecule has 0 aliphatic carbocycles. The number of aryl methyl sites for hydroxylation is 1. The zero-order chi connectivity index (χ0) is 12.0. The van der Waals surface area contributed by atoms with E-state index in [0.717, 1.165) is 18.7 Å². The van der Waals surface area contributed by atoms with Crippen LogP contribution < -0.4 is 11.1 Å². The second kappa shape index (κ2) is 6.12. The van der Waals surface area contributed by atoms with Gasteiger partial charge in [0.2, 0.25) is 5.89 Å². The lowest BCUT2D eigenvalue weighted by Crippen LogP contribution is -2.22. The molecule has 1 aromatic rings. The van der Waals surface area contributed by atoms with Crippen molar-refractivity contribution in [3.8, 4) is 0 Å². The lowest BCUT2D eigenvalue weighted by Gasteiger charge is -2.09. The molecule has 0 saturated heterocycles. The molecular weight excluding hydrogens is 208 g/mol.